The minimum Gasteiger partial charge on any atom is -0.389 e. The summed E-state index contributed by atoms with van der Waals surface area (Å²) in [6, 6.07) is 5.27. The van der Waals surface area contributed by atoms with Gasteiger partial charge in [0.25, 0.3) is 0 Å². The molecule has 0 aliphatic carbocycles. The van der Waals surface area contributed by atoms with Crippen LogP contribution in [-0.2, 0) is 14.8 Å². The summed E-state index contributed by atoms with van der Waals surface area (Å²) in [5.41, 5.74) is 2.07. The third-order valence-electron chi connectivity index (χ3n) is 4.43. The van der Waals surface area contributed by atoms with Crippen molar-refractivity contribution in [3.05, 3.63) is 29.3 Å². The molecule has 0 aromatic heterocycles. The van der Waals surface area contributed by atoms with Gasteiger partial charge in [0.15, 0.2) is 0 Å². The van der Waals surface area contributed by atoms with Gasteiger partial charge in [0.05, 0.1) is 17.6 Å². The zero-order valence-electron chi connectivity index (χ0n) is 14.7. The first-order valence-corrected chi connectivity index (χ1v) is 9.84. The van der Waals surface area contributed by atoms with Gasteiger partial charge in [0.2, 0.25) is 10.0 Å². The maximum absolute atomic E-state index is 12.8. The highest BCUT2D eigenvalue weighted by Crippen LogP contribution is 2.20. The largest absolute Gasteiger partial charge is 0.389 e. The number of piperazine rings is 1. The molecular weight excluding hydrogens is 328 g/mol. The molecule has 0 amide bonds. The van der Waals surface area contributed by atoms with Gasteiger partial charge >= 0.3 is 0 Å². The molecule has 1 aliphatic rings. The number of β-amino-alcohol motifs (C(OH)–C–C–N with tert-alkyl or cyclic N) is 1. The fourth-order valence-electron chi connectivity index (χ4n) is 2.78. The number of hydrogen-bond acceptors (Lipinski definition) is 5. The fourth-order valence-corrected chi connectivity index (χ4v) is 4.29. The molecule has 1 fully saturated rings. The van der Waals surface area contributed by atoms with Crippen molar-refractivity contribution in [1.29, 1.82) is 0 Å². The third kappa shape index (κ3) is 4.77. The predicted molar refractivity (Wildman–Crippen MR) is 93.6 cm³/mol. The van der Waals surface area contributed by atoms with E-state index in [1.165, 1.54) is 4.31 Å². The molecule has 0 radical (unpaired) electrons. The average Bonchev–Trinajstić information content (AvgIpc) is 2.56. The van der Waals surface area contributed by atoms with Gasteiger partial charge in [-0.2, -0.15) is 4.31 Å². The number of hydrogen-bond donors (Lipinski definition) is 1. The Hall–Kier alpha value is -0.990. The van der Waals surface area contributed by atoms with Crippen LogP contribution in [0, 0.1) is 13.8 Å². The molecule has 1 heterocycles. The number of aryl methyl sites for hydroxylation is 2. The van der Waals surface area contributed by atoms with E-state index in [1.807, 2.05) is 26.8 Å². The van der Waals surface area contributed by atoms with Crippen molar-refractivity contribution < 1.29 is 18.3 Å². The van der Waals surface area contributed by atoms with Crippen molar-refractivity contribution in [2.24, 2.45) is 0 Å². The van der Waals surface area contributed by atoms with Crippen molar-refractivity contribution in [3.8, 4) is 0 Å². The summed E-state index contributed by atoms with van der Waals surface area (Å²) < 4.78 is 32.3. The van der Waals surface area contributed by atoms with Crippen LogP contribution >= 0.6 is 0 Å². The van der Waals surface area contributed by atoms with E-state index in [1.54, 1.807) is 12.1 Å². The molecule has 1 N–H and O–H groups in total. The molecular formula is C17H28N2O4S. The van der Waals surface area contributed by atoms with Crippen LogP contribution in [0.4, 0.5) is 0 Å². The van der Waals surface area contributed by atoms with Crippen molar-refractivity contribution in [2.45, 2.75) is 31.8 Å². The second kappa shape index (κ2) is 8.40. The van der Waals surface area contributed by atoms with Crippen LogP contribution in [0.2, 0.25) is 0 Å². The molecule has 1 aliphatic heterocycles. The molecule has 1 unspecified atom stereocenters. The highest BCUT2D eigenvalue weighted by atomic mass is 32.2. The Morgan fingerprint density at radius 1 is 1.17 bits per heavy atom. The molecule has 24 heavy (non-hydrogen) atoms. The molecule has 0 bridgehead atoms. The molecule has 0 saturated carbocycles. The zero-order valence-corrected chi connectivity index (χ0v) is 15.6. The SMILES string of the molecule is CCOCC(O)CN1CCN(S(=O)(=O)c2ccc(C)c(C)c2)CC1. The van der Waals surface area contributed by atoms with Crippen LogP contribution in [0.5, 0.6) is 0 Å². The number of nitrogens with zero attached hydrogens (tertiary/aromatic N) is 2. The molecule has 2 rings (SSSR count). The Morgan fingerprint density at radius 2 is 1.83 bits per heavy atom. The molecule has 1 saturated heterocycles. The van der Waals surface area contributed by atoms with Crippen molar-refractivity contribution in [3.63, 3.8) is 0 Å². The quantitative estimate of drug-likeness (QED) is 0.789. The summed E-state index contributed by atoms with van der Waals surface area (Å²) in [7, 11) is -3.45. The van der Waals surface area contributed by atoms with Crippen molar-refractivity contribution in [2.75, 3.05) is 45.9 Å². The second-order valence-corrected chi connectivity index (χ2v) is 8.20. The lowest BCUT2D eigenvalue weighted by atomic mass is 10.1. The van der Waals surface area contributed by atoms with E-state index in [2.05, 4.69) is 4.90 Å². The van der Waals surface area contributed by atoms with Gasteiger partial charge in [-0.05, 0) is 44.0 Å². The van der Waals surface area contributed by atoms with Gasteiger partial charge in [-0.1, -0.05) is 6.07 Å². The van der Waals surface area contributed by atoms with Crippen LogP contribution in [0.1, 0.15) is 18.1 Å². The Kier molecular flexibility index (Phi) is 6.77. The average molecular weight is 356 g/mol. The Morgan fingerprint density at radius 3 is 2.42 bits per heavy atom. The monoisotopic (exact) mass is 356 g/mol. The van der Waals surface area contributed by atoms with E-state index in [4.69, 9.17) is 4.74 Å². The van der Waals surface area contributed by atoms with Crippen molar-refractivity contribution >= 4 is 10.0 Å². The highest BCUT2D eigenvalue weighted by Gasteiger charge is 2.29. The predicted octanol–water partition coefficient (Wildman–Crippen LogP) is 1.01. The fraction of sp³-hybridized carbons (Fsp3) is 0.647. The zero-order chi connectivity index (χ0) is 17.7. The Bertz CT molecular complexity index is 640. The van der Waals surface area contributed by atoms with E-state index in [0.29, 0.717) is 50.8 Å². The minimum absolute atomic E-state index is 0.317. The maximum atomic E-state index is 12.8. The lowest BCUT2D eigenvalue weighted by Gasteiger charge is -2.34. The number of rotatable bonds is 7. The minimum atomic E-state index is -3.45. The van der Waals surface area contributed by atoms with Gasteiger partial charge in [-0.15, -0.1) is 0 Å². The van der Waals surface area contributed by atoms with Crippen LogP contribution in [-0.4, -0.2) is 74.8 Å². The first-order chi connectivity index (χ1) is 11.3. The first kappa shape index (κ1) is 19.3. The number of sulfonamides is 1. The summed E-state index contributed by atoms with van der Waals surface area (Å²) in [4.78, 5) is 2.44. The summed E-state index contributed by atoms with van der Waals surface area (Å²) >= 11 is 0. The van der Waals surface area contributed by atoms with E-state index in [0.717, 1.165) is 11.1 Å². The number of aliphatic hydroxyl groups is 1. The highest BCUT2D eigenvalue weighted by molar-refractivity contribution is 7.89. The first-order valence-electron chi connectivity index (χ1n) is 8.40. The molecule has 1 atom stereocenters. The molecule has 7 heteroatoms. The van der Waals surface area contributed by atoms with Crippen LogP contribution in [0.25, 0.3) is 0 Å². The maximum Gasteiger partial charge on any atom is 0.243 e. The van der Waals surface area contributed by atoms with E-state index < -0.39 is 16.1 Å². The third-order valence-corrected chi connectivity index (χ3v) is 6.33. The smallest absolute Gasteiger partial charge is 0.243 e. The molecule has 136 valence electrons. The summed E-state index contributed by atoms with van der Waals surface area (Å²) in [5.74, 6) is 0. The summed E-state index contributed by atoms with van der Waals surface area (Å²) in [5, 5.41) is 9.89. The topological polar surface area (TPSA) is 70.1 Å². The van der Waals surface area contributed by atoms with E-state index in [-0.39, 0.29) is 0 Å². The molecule has 1 aromatic rings. The van der Waals surface area contributed by atoms with Crippen molar-refractivity contribution in [1.82, 2.24) is 9.21 Å². The van der Waals surface area contributed by atoms with E-state index >= 15 is 0 Å². The van der Waals surface area contributed by atoms with E-state index in [9.17, 15) is 13.5 Å². The van der Waals surface area contributed by atoms with Gasteiger partial charge in [-0.3, -0.25) is 4.90 Å². The molecule has 0 spiro atoms. The summed E-state index contributed by atoms with van der Waals surface area (Å²) in [6.07, 6.45) is -0.534. The lowest BCUT2D eigenvalue weighted by molar-refractivity contribution is 0.0157. The van der Waals surface area contributed by atoms with Crippen LogP contribution in [0.3, 0.4) is 0 Å². The second-order valence-electron chi connectivity index (χ2n) is 6.26. The number of ether oxygens (including phenoxy) is 1. The van der Waals surface area contributed by atoms with Gasteiger partial charge in [0, 0.05) is 39.3 Å². The van der Waals surface area contributed by atoms with Gasteiger partial charge in [0.1, 0.15) is 0 Å². The lowest BCUT2D eigenvalue weighted by Crippen LogP contribution is -2.50. The van der Waals surface area contributed by atoms with Gasteiger partial charge < -0.3 is 9.84 Å². The summed E-state index contributed by atoms with van der Waals surface area (Å²) in [6.45, 7) is 9.31. The van der Waals surface area contributed by atoms with Gasteiger partial charge in [-0.25, -0.2) is 8.42 Å². The van der Waals surface area contributed by atoms with Crippen LogP contribution < -0.4 is 0 Å². The number of benzene rings is 1. The van der Waals surface area contributed by atoms with Crippen LogP contribution in [0.15, 0.2) is 23.1 Å². The normalized spacial score (nSPS) is 18.7. The standard InChI is InChI=1S/C17H28N2O4S/c1-4-23-13-16(20)12-18-7-9-19(10-8-18)24(21,22)17-6-5-14(2)15(3)11-17/h5-6,11,16,20H,4,7-10,12-13H2,1-3H3. The Balaban J connectivity index is 1.94. The Labute approximate surface area is 145 Å². The molecule has 1 aromatic carbocycles. The molecule has 6 nitrogen and oxygen atoms in total. The number of aliphatic hydroxyl groups excluding tert-OH is 1.